The van der Waals surface area contributed by atoms with Gasteiger partial charge in [-0.25, -0.2) is 0 Å². The number of halogens is 11. The van der Waals surface area contributed by atoms with Gasteiger partial charge in [0.05, 0.1) is 0 Å². The highest BCUT2D eigenvalue weighted by molar-refractivity contribution is 5.08. The number of unbranched alkanes of at least 4 members (excludes halogenated alkanes) is 1. The number of aliphatic hydroxyl groups is 1. The van der Waals surface area contributed by atoms with Crippen molar-refractivity contribution in [2.45, 2.75) is 62.2 Å². The van der Waals surface area contributed by atoms with Gasteiger partial charge in [-0.2, -0.15) is 48.3 Å². The van der Waals surface area contributed by atoms with E-state index in [9.17, 15) is 48.3 Å². The summed E-state index contributed by atoms with van der Waals surface area (Å²) in [4.78, 5) is 0. The van der Waals surface area contributed by atoms with E-state index in [4.69, 9.17) is 5.11 Å². The predicted octanol–water partition coefficient (Wildman–Crippen LogP) is 4.64. The fourth-order valence-electron chi connectivity index (χ4n) is 1.37. The van der Waals surface area contributed by atoms with Crippen molar-refractivity contribution in [1.82, 2.24) is 0 Å². The summed E-state index contributed by atoms with van der Waals surface area (Å²) >= 11 is 0. The highest BCUT2D eigenvalue weighted by Gasteiger charge is 2.87. The molecule has 0 aliphatic rings. The number of alkyl halides is 11. The third kappa shape index (κ3) is 3.11. The molecule has 0 saturated carbocycles. The average Bonchev–Trinajstić information content (AvgIpc) is 2.33. The molecule has 0 spiro atoms. The number of hydrogen-bond donors (Lipinski definition) is 1. The van der Waals surface area contributed by atoms with Crippen molar-refractivity contribution >= 4 is 0 Å². The standard InChI is InChI=1S/C10H11F11O/c1-2-3-4-5(22)6(11,12)7(13,14)8(15,16)9(17,18)10(19,20)21/h5,22H,2-4H2,1H3. The van der Waals surface area contributed by atoms with Crippen molar-refractivity contribution in [1.29, 1.82) is 0 Å². The average molecular weight is 356 g/mol. The molecule has 0 heterocycles. The van der Waals surface area contributed by atoms with E-state index >= 15 is 0 Å². The van der Waals surface area contributed by atoms with Gasteiger partial charge in [-0.05, 0) is 6.42 Å². The summed E-state index contributed by atoms with van der Waals surface area (Å²) in [6.45, 7) is 1.34. The first-order valence-corrected chi connectivity index (χ1v) is 5.74. The molecule has 0 aliphatic heterocycles. The van der Waals surface area contributed by atoms with Crippen LogP contribution in [0.1, 0.15) is 26.2 Å². The molecule has 0 fully saturated rings. The SMILES string of the molecule is CCCCC(O)C(F)(F)C(F)(F)C(F)(F)C(F)(F)C(F)(F)F. The monoisotopic (exact) mass is 356 g/mol. The summed E-state index contributed by atoms with van der Waals surface area (Å²) in [6, 6.07) is 0. The van der Waals surface area contributed by atoms with Crippen molar-refractivity contribution in [2.24, 2.45) is 0 Å². The van der Waals surface area contributed by atoms with E-state index in [1.807, 2.05) is 0 Å². The van der Waals surface area contributed by atoms with Crippen molar-refractivity contribution in [3.63, 3.8) is 0 Å². The van der Waals surface area contributed by atoms with Gasteiger partial charge in [0.25, 0.3) is 0 Å². The van der Waals surface area contributed by atoms with E-state index in [0.717, 1.165) is 0 Å². The first kappa shape index (κ1) is 21.2. The molecule has 12 heteroatoms. The Hall–Kier alpha value is -0.810. The third-order valence-corrected chi connectivity index (χ3v) is 2.81. The van der Waals surface area contributed by atoms with E-state index in [0.29, 0.717) is 0 Å². The van der Waals surface area contributed by atoms with Crippen LogP contribution in [0.25, 0.3) is 0 Å². The van der Waals surface area contributed by atoms with Crippen LogP contribution in [0.2, 0.25) is 0 Å². The second-order valence-electron chi connectivity index (χ2n) is 4.50. The van der Waals surface area contributed by atoms with Crippen LogP contribution >= 0.6 is 0 Å². The van der Waals surface area contributed by atoms with Gasteiger partial charge in [0, 0.05) is 0 Å². The quantitative estimate of drug-likeness (QED) is 0.659. The van der Waals surface area contributed by atoms with Crippen LogP contribution < -0.4 is 0 Å². The zero-order chi connectivity index (χ0) is 18.2. The predicted molar refractivity (Wildman–Crippen MR) is 51.4 cm³/mol. The summed E-state index contributed by atoms with van der Waals surface area (Å²) < 4.78 is 138. The van der Waals surface area contributed by atoms with E-state index in [-0.39, 0.29) is 12.8 Å². The minimum atomic E-state index is -7.46. The minimum absolute atomic E-state index is 0.0494. The van der Waals surface area contributed by atoms with Gasteiger partial charge in [-0.3, -0.25) is 0 Å². The summed E-state index contributed by atoms with van der Waals surface area (Å²) in [7, 11) is 0. The summed E-state index contributed by atoms with van der Waals surface area (Å²) in [5, 5.41) is 8.79. The fraction of sp³-hybridized carbons (Fsp3) is 1.00. The smallest absolute Gasteiger partial charge is 0.387 e. The Balaban J connectivity index is 5.78. The molecule has 134 valence electrons. The summed E-state index contributed by atoms with van der Waals surface area (Å²) in [5.41, 5.74) is 0. The molecule has 0 aromatic rings. The maximum Gasteiger partial charge on any atom is 0.460 e. The highest BCUT2D eigenvalue weighted by atomic mass is 19.4. The largest absolute Gasteiger partial charge is 0.460 e. The first-order chi connectivity index (χ1) is 9.48. The van der Waals surface area contributed by atoms with Crippen LogP contribution in [0.3, 0.4) is 0 Å². The second-order valence-corrected chi connectivity index (χ2v) is 4.50. The lowest BCUT2D eigenvalue weighted by Crippen LogP contribution is -2.68. The summed E-state index contributed by atoms with van der Waals surface area (Å²) in [6.07, 6.45) is -12.2. The molecule has 1 nitrogen and oxygen atoms in total. The van der Waals surface area contributed by atoms with Crippen LogP contribution in [-0.4, -0.2) is 41.1 Å². The van der Waals surface area contributed by atoms with Gasteiger partial charge in [0.1, 0.15) is 6.10 Å². The molecular formula is C10H11F11O. The maximum atomic E-state index is 13.2. The maximum absolute atomic E-state index is 13.2. The first-order valence-electron chi connectivity index (χ1n) is 5.74. The molecule has 1 N–H and O–H groups in total. The summed E-state index contributed by atoms with van der Waals surface area (Å²) in [5.74, 6) is -28.2. The van der Waals surface area contributed by atoms with Gasteiger partial charge in [-0.15, -0.1) is 0 Å². The van der Waals surface area contributed by atoms with E-state index in [1.54, 1.807) is 0 Å². The minimum Gasteiger partial charge on any atom is -0.387 e. The topological polar surface area (TPSA) is 20.2 Å². The van der Waals surface area contributed by atoms with Crippen molar-refractivity contribution < 1.29 is 53.4 Å². The molecular weight excluding hydrogens is 345 g/mol. The van der Waals surface area contributed by atoms with E-state index < -0.39 is 42.4 Å². The lowest BCUT2D eigenvalue weighted by Gasteiger charge is -2.38. The Morgan fingerprint density at radius 2 is 1.14 bits per heavy atom. The molecule has 0 aliphatic carbocycles. The van der Waals surface area contributed by atoms with Gasteiger partial charge in [0.15, 0.2) is 0 Å². The molecule has 1 atom stereocenters. The molecule has 0 rings (SSSR count). The van der Waals surface area contributed by atoms with Gasteiger partial charge < -0.3 is 5.11 Å². The second kappa shape index (κ2) is 6.00. The Kier molecular flexibility index (Phi) is 5.78. The van der Waals surface area contributed by atoms with E-state index in [1.165, 1.54) is 6.92 Å². The van der Waals surface area contributed by atoms with Crippen molar-refractivity contribution in [3.05, 3.63) is 0 Å². The molecule has 0 saturated heterocycles. The molecule has 1 unspecified atom stereocenters. The van der Waals surface area contributed by atoms with Crippen LogP contribution in [0, 0.1) is 0 Å². The lowest BCUT2D eigenvalue weighted by molar-refractivity contribution is -0.428. The molecule has 0 radical (unpaired) electrons. The Morgan fingerprint density at radius 1 is 0.727 bits per heavy atom. The zero-order valence-electron chi connectivity index (χ0n) is 10.8. The molecule has 0 amide bonds. The molecule has 0 bridgehead atoms. The van der Waals surface area contributed by atoms with Crippen molar-refractivity contribution in [2.75, 3.05) is 0 Å². The third-order valence-electron chi connectivity index (χ3n) is 2.81. The lowest BCUT2D eigenvalue weighted by atomic mass is 9.92. The normalized spacial score (nSPS) is 16.8. The molecule has 22 heavy (non-hydrogen) atoms. The molecule has 0 aromatic carbocycles. The van der Waals surface area contributed by atoms with E-state index in [2.05, 4.69) is 0 Å². The van der Waals surface area contributed by atoms with Crippen LogP contribution in [0.5, 0.6) is 0 Å². The Bertz CT molecular complexity index is 374. The number of hydrogen-bond acceptors (Lipinski definition) is 1. The van der Waals surface area contributed by atoms with Crippen molar-refractivity contribution in [3.8, 4) is 0 Å². The number of rotatable bonds is 7. The van der Waals surface area contributed by atoms with Crippen LogP contribution in [-0.2, 0) is 0 Å². The molecule has 0 aromatic heterocycles. The fourth-order valence-corrected chi connectivity index (χ4v) is 1.37. The van der Waals surface area contributed by atoms with Gasteiger partial charge in [-0.1, -0.05) is 19.8 Å². The van der Waals surface area contributed by atoms with Crippen LogP contribution in [0.15, 0.2) is 0 Å². The zero-order valence-corrected chi connectivity index (χ0v) is 10.8. The van der Waals surface area contributed by atoms with Gasteiger partial charge >= 0.3 is 29.9 Å². The number of aliphatic hydroxyl groups excluding tert-OH is 1. The Morgan fingerprint density at radius 3 is 1.45 bits per heavy atom. The van der Waals surface area contributed by atoms with Gasteiger partial charge in [0.2, 0.25) is 0 Å². The van der Waals surface area contributed by atoms with Crippen LogP contribution in [0.4, 0.5) is 48.3 Å². The highest BCUT2D eigenvalue weighted by Crippen LogP contribution is 2.58. The Labute approximate surface area is 117 Å².